The molecule has 1 aromatic heterocycles. The van der Waals surface area contributed by atoms with Crippen molar-refractivity contribution < 1.29 is 14.3 Å². The number of carbonyl (C=O) groups is 2. The summed E-state index contributed by atoms with van der Waals surface area (Å²) >= 11 is 7.47. The quantitative estimate of drug-likeness (QED) is 0.775. The molecule has 4 nitrogen and oxygen atoms in total. The SMILES string of the molecule is CC(=O)NCCc1ccc(C(=O)COc2cc(C)ccc2Cl)s1. The van der Waals surface area contributed by atoms with E-state index in [0.717, 1.165) is 10.4 Å². The number of benzene rings is 1. The first-order chi connectivity index (χ1) is 11.0. The van der Waals surface area contributed by atoms with Crippen LogP contribution in [0.15, 0.2) is 30.3 Å². The van der Waals surface area contributed by atoms with Crippen molar-refractivity contribution in [1.82, 2.24) is 5.32 Å². The zero-order valence-corrected chi connectivity index (χ0v) is 14.6. The van der Waals surface area contributed by atoms with Gasteiger partial charge in [-0.15, -0.1) is 11.3 Å². The first kappa shape index (κ1) is 17.5. The Labute approximate surface area is 144 Å². The molecule has 1 aromatic carbocycles. The molecule has 0 fully saturated rings. The second-order valence-electron chi connectivity index (χ2n) is 5.14. The number of amides is 1. The first-order valence-corrected chi connectivity index (χ1v) is 8.40. The molecular weight excluding hydrogens is 334 g/mol. The van der Waals surface area contributed by atoms with Crippen LogP contribution in [0.25, 0.3) is 0 Å². The fourth-order valence-corrected chi connectivity index (χ4v) is 3.06. The molecule has 0 aliphatic heterocycles. The van der Waals surface area contributed by atoms with Gasteiger partial charge in [0.2, 0.25) is 11.7 Å². The fourth-order valence-electron chi connectivity index (χ4n) is 1.96. The Morgan fingerprint density at radius 2 is 2.04 bits per heavy atom. The van der Waals surface area contributed by atoms with Crippen LogP contribution in [0.3, 0.4) is 0 Å². The topological polar surface area (TPSA) is 55.4 Å². The zero-order chi connectivity index (χ0) is 16.8. The molecule has 2 aromatic rings. The van der Waals surface area contributed by atoms with E-state index in [4.69, 9.17) is 16.3 Å². The van der Waals surface area contributed by atoms with Crippen LogP contribution in [0, 0.1) is 6.92 Å². The minimum absolute atomic E-state index is 0.0468. The highest BCUT2D eigenvalue weighted by atomic mass is 35.5. The van der Waals surface area contributed by atoms with E-state index in [1.54, 1.807) is 12.1 Å². The van der Waals surface area contributed by atoms with Gasteiger partial charge in [-0.05, 0) is 43.2 Å². The van der Waals surface area contributed by atoms with Gasteiger partial charge in [-0.1, -0.05) is 17.7 Å². The number of thiophene rings is 1. The van der Waals surface area contributed by atoms with E-state index in [9.17, 15) is 9.59 Å². The van der Waals surface area contributed by atoms with Crippen molar-refractivity contribution in [3.05, 3.63) is 50.7 Å². The number of hydrogen-bond donors (Lipinski definition) is 1. The van der Waals surface area contributed by atoms with Crippen molar-refractivity contribution in [2.75, 3.05) is 13.2 Å². The number of hydrogen-bond acceptors (Lipinski definition) is 4. The van der Waals surface area contributed by atoms with Crippen LogP contribution in [0.4, 0.5) is 0 Å². The van der Waals surface area contributed by atoms with E-state index >= 15 is 0 Å². The van der Waals surface area contributed by atoms with E-state index in [1.165, 1.54) is 18.3 Å². The van der Waals surface area contributed by atoms with Gasteiger partial charge in [-0.2, -0.15) is 0 Å². The van der Waals surface area contributed by atoms with Gasteiger partial charge < -0.3 is 10.1 Å². The van der Waals surface area contributed by atoms with Crippen molar-refractivity contribution >= 4 is 34.6 Å². The summed E-state index contributed by atoms with van der Waals surface area (Å²) in [6.07, 6.45) is 0.710. The van der Waals surface area contributed by atoms with Gasteiger partial charge in [0, 0.05) is 18.3 Å². The van der Waals surface area contributed by atoms with Crippen LogP contribution in [-0.2, 0) is 11.2 Å². The molecule has 0 aliphatic carbocycles. The molecule has 0 spiro atoms. The summed E-state index contributed by atoms with van der Waals surface area (Å²) in [5.41, 5.74) is 1.02. The third-order valence-corrected chi connectivity index (χ3v) is 4.63. The molecule has 1 heterocycles. The standard InChI is InChI=1S/C17H18ClNO3S/c1-11-3-5-14(18)16(9-11)22-10-15(21)17-6-4-13(23-17)7-8-19-12(2)20/h3-6,9H,7-8,10H2,1-2H3,(H,19,20). The Kier molecular flexibility index (Phi) is 6.19. The van der Waals surface area contributed by atoms with Crippen molar-refractivity contribution in [3.8, 4) is 5.75 Å². The van der Waals surface area contributed by atoms with Gasteiger partial charge in [-0.3, -0.25) is 9.59 Å². The van der Waals surface area contributed by atoms with Gasteiger partial charge in [0.25, 0.3) is 0 Å². The predicted octanol–water partition coefficient (Wildman–Crippen LogP) is 3.65. The van der Waals surface area contributed by atoms with E-state index in [0.29, 0.717) is 28.6 Å². The summed E-state index contributed by atoms with van der Waals surface area (Å²) in [6, 6.07) is 9.14. The minimum atomic E-state index is -0.0849. The lowest BCUT2D eigenvalue weighted by molar-refractivity contribution is -0.118. The van der Waals surface area contributed by atoms with Gasteiger partial charge >= 0.3 is 0 Å². The zero-order valence-electron chi connectivity index (χ0n) is 13.0. The number of ether oxygens (including phenoxy) is 1. The van der Waals surface area contributed by atoms with E-state index < -0.39 is 0 Å². The number of aryl methyl sites for hydroxylation is 1. The van der Waals surface area contributed by atoms with Crippen LogP contribution >= 0.6 is 22.9 Å². The Morgan fingerprint density at radius 1 is 1.26 bits per heavy atom. The molecule has 0 radical (unpaired) electrons. The lowest BCUT2D eigenvalue weighted by atomic mass is 10.2. The monoisotopic (exact) mass is 351 g/mol. The van der Waals surface area contributed by atoms with E-state index in [-0.39, 0.29) is 18.3 Å². The van der Waals surface area contributed by atoms with Gasteiger partial charge in [-0.25, -0.2) is 0 Å². The first-order valence-electron chi connectivity index (χ1n) is 7.21. The van der Waals surface area contributed by atoms with Gasteiger partial charge in [0.1, 0.15) is 5.75 Å². The molecule has 0 unspecified atom stereocenters. The largest absolute Gasteiger partial charge is 0.484 e. The van der Waals surface area contributed by atoms with E-state index in [2.05, 4.69) is 5.32 Å². The molecule has 0 bridgehead atoms. The van der Waals surface area contributed by atoms with E-state index in [1.807, 2.05) is 25.1 Å². The van der Waals surface area contributed by atoms with Crippen molar-refractivity contribution in [3.63, 3.8) is 0 Å². The van der Waals surface area contributed by atoms with Crippen LogP contribution < -0.4 is 10.1 Å². The molecule has 2 rings (SSSR count). The molecule has 1 amide bonds. The van der Waals surface area contributed by atoms with Crippen LogP contribution in [0.2, 0.25) is 5.02 Å². The maximum absolute atomic E-state index is 12.2. The third kappa shape index (κ3) is 5.37. The van der Waals surface area contributed by atoms with Crippen LogP contribution in [0.5, 0.6) is 5.75 Å². The fraction of sp³-hybridized carbons (Fsp3) is 0.294. The lowest BCUT2D eigenvalue weighted by Gasteiger charge is -2.07. The normalized spacial score (nSPS) is 10.4. The van der Waals surface area contributed by atoms with Crippen molar-refractivity contribution in [2.45, 2.75) is 20.3 Å². The molecule has 1 N–H and O–H groups in total. The third-order valence-electron chi connectivity index (χ3n) is 3.13. The molecule has 122 valence electrons. The number of carbonyl (C=O) groups excluding carboxylic acids is 2. The van der Waals surface area contributed by atoms with Crippen molar-refractivity contribution in [1.29, 1.82) is 0 Å². The minimum Gasteiger partial charge on any atom is -0.484 e. The molecule has 0 atom stereocenters. The second-order valence-corrected chi connectivity index (χ2v) is 6.72. The van der Waals surface area contributed by atoms with Gasteiger partial charge in [0.15, 0.2) is 6.61 Å². The number of rotatable bonds is 7. The molecule has 0 saturated carbocycles. The maximum atomic E-state index is 12.2. The molecule has 23 heavy (non-hydrogen) atoms. The second kappa shape index (κ2) is 8.13. The highest BCUT2D eigenvalue weighted by Crippen LogP contribution is 2.26. The van der Waals surface area contributed by atoms with Gasteiger partial charge in [0.05, 0.1) is 9.90 Å². The summed E-state index contributed by atoms with van der Waals surface area (Å²) in [5, 5.41) is 3.23. The summed E-state index contributed by atoms with van der Waals surface area (Å²) in [7, 11) is 0. The smallest absolute Gasteiger partial charge is 0.216 e. The Balaban J connectivity index is 1.89. The highest BCUT2D eigenvalue weighted by Gasteiger charge is 2.11. The Hall–Kier alpha value is -1.85. The average Bonchev–Trinajstić information content (AvgIpc) is 2.96. The summed E-state index contributed by atoms with van der Waals surface area (Å²) < 4.78 is 5.52. The molecular formula is C17H18ClNO3S. The summed E-state index contributed by atoms with van der Waals surface area (Å²) in [4.78, 5) is 24.7. The predicted molar refractivity (Wildman–Crippen MR) is 92.7 cm³/mol. The van der Waals surface area contributed by atoms with Crippen molar-refractivity contribution in [2.24, 2.45) is 0 Å². The molecule has 0 aliphatic rings. The highest BCUT2D eigenvalue weighted by molar-refractivity contribution is 7.14. The molecule has 6 heteroatoms. The summed E-state index contributed by atoms with van der Waals surface area (Å²) in [6.45, 7) is 3.94. The van der Waals surface area contributed by atoms with Crippen LogP contribution in [0.1, 0.15) is 27.0 Å². The number of ketones is 1. The number of Topliss-reactive ketones (excluding diaryl/α,β-unsaturated/α-hetero) is 1. The number of nitrogens with one attached hydrogen (secondary N) is 1. The molecule has 0 saturated heterocycles. The average molecular weight is 352 g/mol. The summed E-state index contributed by atoms with van der Waals surface area (Å²) in [5.74, 6) is 0.377. The number of halogens is 1. The maximum Gasteiger partial charge on any atom is 0.216 e. The van der Waals surface area contributed by atoms with Crippen LogP contribution in [-0.4, -0.2) is 24.8 Å². The lowest BCUT2D eigenvalue weighted by Crippen LogP contribution is -2.22. The Morgan fingerprint density at radius 3 is 2.78 bits per heavy atom. The Bertz CT molecular complexity index is 712.